The van der Waals surface area contributed by atoms with E-state index in [1.165, 1.54) is 36.7 Å². The monoisotopic (exact) mass is 612 g/mol. The Bertz CT molecular complexity index is 1480. The molecule has 4 N–H and O–H groups in total. The minimum atomic E-state index is -4.49. The van der Waals surface area contributed by atoms with Crippen LogP contribution in [0.3, 0.4) is 0 Å². The lowest BCUT2D eigenvalue weighted by Crippen LogP contribution is -2.63. The molecule has 13 heteroatoms. The van der Waals surface area contributed by atoms with Crippen LogP contribution in [0.1, 0.15) is 24.5 Å². The van der Waals surface area contributed by atoms with Gasteiger partial charge in [0.25, 0.3) is 5.91 Å². The van der Waals surface area contributed by atoms with Crippen LogP contribution in [-0.2, 0) is 31.9 Å². The number of sulfonamides is 1. The second kappa shape index (κ2) is 15.9. The molecule has 0 aliphatic carbocycles. The summed E-state index contributed by atoms with van der Waals surface area (Å²) in [5, 5.41) is 21.7. The van der Waals surface area contributed by atoms with Gasteiger partial charge in [0.05, 0.1) is 18.0 Å². The Morgan fingerprint density at radius 1 is 1.07 bits per heavy atom. The van der Waals surface area contributed by atoms with E-state index in [1.54, 1.807) is 48.8 Å². The van der Waals surface area contributed by atoms with Crippen molar-refractivity contribution in [3.63, 3.8) is 0 Å². The van der Waals surface area contributed by atoms with Crippen LogP contribution in [0.25, 0.3) is 0 Å². The summed E-state index contributed by atoms with van der Waals surface area (Å²) in [6.07, 6.45) is 2.72. The van der Waals surface area contributed by atoms with E-state index < -0.39 is 39.9 Å². The lowest BCUT2D eigenvalue weighted by Gasteiger charge is -2.40. The molecule has 0 radical (unpaired) electrons. The summed E-state index contributed by atoms with van der Waals surface area (Å²) < 4.78 is 35.2. The van der Waals surface area contributed by atoms with Crippen LogP contribution in [0.5, 0.6) is 5.75 Å². The zero-order valence-electron chi connectivity index (χ0n) is 22.9. The van der Waals surface area contributed by atoms with Crippen LogP contribution in [0.15, 0.2) is 84.0 Å². The lowest BCUT2D eigenvalue weighted by molar-refractivity contribution is -0.135. The van der Waals surface area contributed by atoms with Gasteiger partial charge in [-0.05, 0) is 48.4 Å². The van der Waals surface area contributed by atoms with Crippen LogP contribution in [-0.4, -0.2) is 64.5 Å². The van der Waals surface area contributed by atoms with Crippen LogP contribution in [0, 0.1) is 11.8 Å². The maximum absolute atomic E-state index is 14.4. The Balaban J connectivity index is 2.15. The quantitative estimate of drug-likeness (QED) is 0.0875. The summed E-state index contributed by atoms with van der Waals surface area (Å²) >= 11 is 0.918. The second-order valence-corrected chi connectivity index (χ2v) is 11.9. The topological polar surface area (TPSA) is 158 Å². The molecule has 222 valence electrons. The Morgan fingerprint density at radius 2 is 1.79 bits per heavy atom. The fourth-order valence-corrected chi connectivity index (χ4v) is 7.03. The maximum Gasteiger partial charge on any atom is 0.277 e. The number of aromatic nitrogens is 1. The van der Waals surface area contributed by atoms with Crippen molar-refractivity contribution in [1.29, 1.82) is 0 Å². The summed E-state index contributed by atoms with van der Waals surface area (Å²) in [4.78, 5) is 27.9. The molecule has 0 aliphatic heterocycles. The predicted octanol–water partition coefficient (Wildman–Crippen LogP) is 2.31. The van der Waals surface area contributed by atoms with E-state index in [2.05, 4.69) is 22.1 Å². The number of hydrogen-bond acceptors (Lipinski definition) is 9. The first-order valence-corrected chi connectivity index (χ1v) is 15.2. The van der Waals surface area contributed by atoms with Gasteiger partial charge >= 0.3 is 0 Å². The number of benzene rings is 2. The van der Waals surface area contributed by atoms with Gasteiger partial charge in [-0.15, -0.1) is 17.7 Å². The number of carbonyl (C=O) groups is 2. The van der Waals surface area contributed by atoms with Crippen LogP contribution in [0.4, 0.5) is 0 Å². The molecule has 0 saturated heterocycles. The summed E-state index contributed by atoms with van der Waals surface area (Å²) in [5.41, 5.74) is 2.84. The Kier molecular flexibility index (Phi) is 12.3. The molecule has 0 aliphatic rings. The molecular weight excluding hydrogens is 580 g/mol. The number of hydroxylamine groups is 1. The fourth-order valence-electron chi connectivity index (χ4n) is 3.83. The first kappa shape index (κ1) is 32.6. The van der Waals surface area contributed by atoms with Gasteiger partial charge < -0.3 is 15.2 Å². The van der Waals surface area contributed by atoms with Gasteiger partial charge in [0.2, 0.25) is 15.9 Å². The molecule has 2 amide bonds. The van der Waals surface area contributed by atoms with E-state index in [-0.39, 0.29) is 30.2 Å². The van der Waals surface area contributed by atoms with Crippen molar-refractivity contribution in [3.8, 4) is 17.6 Å². The largest absolute Gasteiger partial charge is 0.481 e. The Morgan fingerprint density at radius 3 is 2.40 bits per heavy atom. The van der Waals surface area contributed by atoms with Crippen LogP contribution < -0.4 is 15.5 Å². The highest BCUT2D eigenvalue weighted by atomic mass is 32.2. The highest BCUT2D eigenvalue weighted by Crippen LogP contribution is 2.38. The van der Waals surface area contributed by atoms with Gasteiger partial charge in [0.15, 0.2) is 4.87 Å². The standard InChI is InChI=1S/C29H32N4O7S2/c1-2-3-18-40-25-11-13-26(14-12-25)42(38,39)33(20-24-10-7-16-30-19-24)29(28(36)32-37,22-31-27(35)15-17-34)41-21-23-8-5-4-6-9-23/h4-14,16,19,34,37H,15,17-18,20-22H2,1H3,(H,31,35)(H,32,36). The number of thioether (sulfide) groups is 1. The Labute approximate surface area is 249 Å². The van der Waals surface area contributed by atoms with Crippen LogP contribution >= 0.6 is 11.8 Å². The van der Waals surface area contributed by atoms with E-state index in [0.717, 1.165) is 21.6 Å². The average Bonchev–Trinajstić information content (AvgIpc) is 3.01. The van der Waals surface area contributed by atoms with Crippen molar-refractivity contribution >= 4 is 33.6 Å². The number of carbonyl (C=O) groups excluding carboxylic acids is 2. The number of amides is 2. The minimum Gasteiger partial charge on any atom is -0.481 e. The number of nitrogens with one attached hydrogen (secondary N) is 2. The zero-order valence-corrected chi connectivity index (χ0v) is 24.5. The molecule has 0 spiro atoms. The maximum atomic E-state index is 14.4. The molecular formula is C29H32N4O7S2. The molecule has 3 aromatic rings. The average molecular weight is 613 g/mol. The number of ether oxygens (including phenoxy) is 1. The third kappa shape index (κ3) is 8.54. The molecule has 1 unspecified atom stereocenters. The van der Waals surface area contributed by atoms with Gasteiger partial charge in [-0.1, -0.05) is 42.3 Å². The lowest BCUT2D eigenvalue weighted by atomic mass is 10.2. The van der Waals surface area contributed by atoms with E-state index in [4.69, 9.17) is 4.74 Å². The van der Waals surface area contributed by atoms with Crippen molar-refractivity contribution in [2.45, 2.75) is 35.4 Å². The number of rotatable bonds is 15. The molecule has 1 aromatic heterocycles. The normalized spacial score (nSPS) is 12.5. The van der Waals surface area contributed by atoms with Gasteiger partial charge in [0, 0.05) is 31.1 Å². The molecule has 0 fully saturated rings. The van der Waals surface area contributed by atoms with Gasteiger partial charge in [0.1, 0.15) is 12.4 Å². The fraction of sp³-hybridized carbons (Fsp3) is 0.276. The second-order valence-electron chi connectivity index (χ2n) is 8.81. The van der Waals surface area contributed by atoms with Gasteiger partial charge in [-0.25, -0.2) is 13.9 Å². The summed E-state index contributed by atoms with van der Waals surface area (Å²) in [6, 6.07) is 17.9. The van der Waals surface area contributed by atoms with E-state index in [0.29, 0.717) is 11.3 Å². The molecule has 1 atom stereocenters. The van der Waals surface area contributed by atoms with E-state index in [1.807, 2.05) is 6.07 Å². The van der Waals surface area contributed by atoms with Crippen molar-refractivity contribution < 1.29 is 33.1 Å². The summed E-state index contributed by atoms with van der Waals surface area (Å²) in [6.45, 7) is 0.502. The van der Waals surface area contributed by atoms with Crippen LogP contribution in [0.2, 0.25) is 0 Å². The van der Waals surface area contributed by atoms with Crippen molar-refractivity contribution in [3.05, 3.63) is 90.3 Å². The number of aliphatic hydroxyl groups is 1. The molecule has 2 aromatic carbocycles. The zero-order chi connectivity index (χ0) is 30.4. The number of nitrogens with zero attached hydrogens (tertiary/aromatic N) is 2. The highest BCUT2D eigenvalue weighted by Gasteiger charge is 2.51. The molecule has 42 heavy (non-hydrogen) atoms. The first-order valence-electron chi connectivity index (χ1n) is 12.8. The minimum absolute atomic E-state index is 0.124. The first-order chi connectivity index (χ1) is 20.3. The van der Waals surface area contributed by atoms with Gasteiger partial charge in [-0.3, -0.25) is 19.8 Å². The molecule has 1 heterocycles. The highest BCUT2D eigenvalue weighted by molar-refractivity contribution is 8.01. The van der Waals surface area contributed by atoms with Crippen molar-refractivity contribution in [1.82, 2.24) is 20.1 Å². The summed E-state index contributed by atoms with van der Waals surface area (Å²) in [5.74, 6) is 4.33. The number of hydrogen-bond donors (Lipinski definition) is 4. The van der Waals surface area contributed by atoms with Crippen molar-refractivity contribution in [2.75, 3.05) is 19.8 Å². The third-order valence-corrected chi connectivity index (χ3v) is 9.50. The summed E-state index contributed by atoms with van der Waals surface area (Å²) in [7, 11) is -4.49. The number of aliphatic hydroxyl groups excluding tert-OH is 1. The predicted molar refractivity (Wildman–Crippen MR) is 157 cm³/mol. The third-order valence-electron chi connectivity index (χ3n) is 5.99. The number of pyridine rings is 1. The Hall–Kier alpha value is -3.93. The van der Waals surface area contributed by atoms with E-state index >= 15 is 0 Å². The molecule has 3 rings (SSSR count). The van der Waals surface area contributed by atoms with E-state index in [9.17, 15) is 28.3 Å². The molecule has 0 saturated carbocycles. The SMILES string of the molecule is CC#CCOc1ccc(S(=O)(=O)N(Cc2cccnc2)C(CNC(=O)CCO)(SCc2ccccc2)C(=O)NO)cc1. The van der Waals surface area contributed by atoms with Crippen molar-refractivity contribution in [2.24, 2.45) is 0 Å². The molecule has 11 nitrogen and oxygen atoms in total. The molecule has 0 bridgehead atoms. The smallest absolute Gasteiger partial charge is 0.277 e. The van der Waals surface area contributed by atoms with Gasteiger partial charge in [-0.2, -0.15) is 4.31 Å².